The van der Waals surface area contributed by atoms with Gasteiger partial charge in [0.25, 0.3) is 0 Å². The number of pyridine rings is 1. The lowest BCUT2D eigenvalue weighted by molar-refractivity contribution is 0.903. The standard InChI is InChI=1S/C6H7NS.2C2H6/c1-7-4-2-6(8)3-5-7;2*1-2/h2-5H,1H3;2*1-2H3. The van der Waals surface area contributed by atoms with Crippen LogP contribution in [0.25, 0.3) is 0 Å². The fraction of sp³-hybridized carbons (Fsp3) is 0.500. The molecule has 12 heavy (non-hydrogen) atoms. The van der Waals surface area contributed by atoms with Crippen LogP contribution in [0.1, 0.15) is 27.7 Å². The van der Waals surface area contributed by atoms with Crippen LogP contribution in [0.15, 0.2) is 24.5 Å². The van der Waals surface area contributed by atoms with Crippen molar-refractivity contribution in [1.82, 2.24) is 4.57 Å². The molecule has 0 saturated heterocycles. The highest BCUT2D eigenvalue weighted by atomic mass is 32.1. The second-order valence-corrected chi connectivity index (χ2v) is 2.17. The van der Waals surface area contributed by atoms with E-state index in [0.29, 0.717) is 0 Å². The second kappa shape index (κ2) is 10.4. The zero-order valence-corrected chi connectivity index (χ0v) is 9.48. The number of hydrogen-bond acceptors (Lipinski definition) is 1. The molecule has 1 nitrogen and oxygen atoms in total. The minimum atomic E-state index is 0.892. The summed E-state index contributed by atoms with van der Waals surface area (Å²) < 4.78 is 2.85. The minimum absolute atomic E-state index is 0.892. The van der Waals surface area contributed by atoms with E-state index in [4.69, 9.17) is 12.2 Å². The molecular weight excluding hydrogens is 166 g/mol. The third kappa shape index (κ3) is 7.48. The maximum atomic E-state index is 4.86. The van der Waals surface area contributed by atoms with Crippen LogP contribution >= 0.6 is 12.2 Å². The highest BCUT2D eigenvalue weighted by molar-refractivity contribution is 7.71. The fourth-order valence-corrected chi connectivity index (χ4v) is 0.609. The largest absolute Gasteiger partial charge is 0.357 e. The van der Waals surface area contributed by atoms with Crippen molar-refractivity contribution in [2.24, 2.45) is 7.05 Å². The molecule has 0 unspecified atom stereocenters. The molecule has 0 bridgehead atoms. The van der Waals surface area contributed by atoms with Crippen LogP contribution in [0, 0.1) is 4.51 Å². The van der Waals surface area contributed by atoms with Crippen LogP contribution in [-0.4, -0.2) is 4.57 Å². The van der Waals surface area contributed by atoms with Crippen molar-refractivity contribution in [3.05, 3.63) is 29.0 Å². The van der Waals surface area contributed by atoms with Gasteiger partial charge in [0.05, 0.1) is 0 Å². The van der Waals surface area contributed by atoms with Gasteiger partial charge < -0.3 is 4.57 Å². The first kappa shape index (κ1) is 13.9. The number of hydrogen-bond donors (Lipinski definition) is 0. The molecule has 0 amide bonds. The first-order valence-electron chi connectivity index (χ1n) is 4.41. The second-order valence-electron chi connectivity index (χ2n) is 1.70. The zero-order chi connectivity index (χ0) is 9.98. The average molecular weight is 185 g/mol. The van der Waals surface area contributed by atoms with Crippen LogP contribution in [0.3, 0.4) is 0 Å². The van der Waals surface area contributed by atoms with Gasteiger partial charge >= 0.3 is 0 Å². The van der Waals surface area contributed by atoms with Crippen molar-refractivity contribution in [2.75, 3.05) is 0 Å². The van der Waals surface area contributed by atoms with E-state index in [1.54, 1.807) is 0 Å². The van der Waals surface area contributed by atoms with Gasteiger partial charge in [-0.15, -0.1) is 0 Å². The molecule has 0 spiro atoms. The Bertz CT molecular complexity index is 207. The van der Waals surface area contributed by atoms with E-state index in [1.165, 1.54) is 0 Å². The quantitative estimate of drug-likeness (QED) is 0.556. The predicted molar refractivity (Wildman–Crippen MR) is 58.9 cm³/mol. The fourth-order valence-electron chi connectivity index (χ4n) is 0.487. The van der Waals surface area contributed by atoms with Gasteiger partial charge in [0, 0.05) is 24.0 Å². The molecule has 0 saturated carbocycles. The molecule has 0 aliphatic carbocycles. The Kier molecular flexibility index (Phi) is 12.0. The van der Waals surface area contributed by atoms with Crippen molar-refractivity contribution in [3.8, 4) is 0 Å². The lowest BCUT2D eigenvalue weighted by Crippen LogP contribution is -1.84. The highest BCUT2D eigenvalue weighted by Crippen LogP contribution is 1.87. The normalized spacial score (nSPS) is 7.08. The van der Waals surface area contributed by atoms with E-state index >= 15 is 0 Å². The summed E-state index contributed by atoms with van der Waals surface area (Å²) >= 11 is 4.86. The van der Waals surface area contributed by atoms with Gasteiger partial charge in [0.2, 0.25) is 0 Å². The maximum absolute atomic E-state index is 4.86. The van der Waals surface area contributed by atoms with E-state index in [1.807, 2.05) is 63.8 Å². The average Bonchev–Trinajstić information content (AvgIpc) is 2.17. The Morgan fingerprint density at radius 2 is 1.33 bits per heavy atom. The van der Waals surface area contributed by atoms with Gasteiger partial charge in [-0.1, -0.05) is 39.9 Å². The molecule has 1 aromatic heterocycles. The van der Waals surface area contributed by atoms with Crippen molar-refractivity contribution in [2.45, 2.75) is 27.7 Å². The molecule has 0 N–H and O–H groups in total. The smallest absolute Gasteiger partial charge is 0.0406 e. The van der Waals surface area contributed by atoms with Crippen molar-refractivity contribution >= 4 is 12.2 Å². The summed E-state index contributed by atoms with van der Waals surface area (Å²) in [5.74, 6) is 0. The summed E-state index contributed by atoms with van der Waals surface area (Å²) in [6.07, 6.45) is 3.87. The molecule has 1 rings (SSSR count). The summed E-state index contributed by atoms with van der Waals surface area (Å²) in [4.78, 5) is 0. The van der Waals surface area contributed by atoms with Crippen LogP contribution < -0.4 is 0 Å². The van der Waals surface area contributed by atoms with E-state index in [2.05, 4.69) is 0 Å². The van der Waals surface area contributed by atoms with Crippen LogP contribution in [0.4, 0.5) is 0 Å². The zero-order valence-electron chi connectivity index (χ0n) is 8.66. The highest BCUT2D eigenvalue weighted by Gasteiger charge is 1.73. The Morgan fingerprint density at radius 1 is 1.00 bits per heavy atom. The molecule has 1 heterocycles. The topological polar surface area (TPSA) is 4.93 Å². The predicted octanol–water partition coefficient (Wildman–Crippen LogP) is 3.81. The van der Waals surface area contributed by atoms with E-state index in [9.17, 15) is 0 Å². The maximum Gasteiger partial charge on any atom is 0.0406 e. The Balaban J connectivity index is 0. The third-order valence-corrected chi connectivity index (χ3v) is 1.22. The third-order valence-electron chi connectivity index (χ3n) is 0.948. The Labute approximate surface area is 81.1 Å². The summed E-state index contributed by atoms with van der Waals surface area (Å²) in [7, 11) is 1.97. The molecule has 70 valence electrons. The lowest BCUT2D eigenvalue weighted by Gasteiger charge is -1.91. The van der Waals surface area contributed by atoms with Crippen LogP contribution in [-0.2, 0) is 7.05 Å². The van der Waals surface area contributed by atoms with Gasteiger partial charge in [0.15, 0.2) is 0 Å². The summed E-state index contributed by atoms with van der Waals surface area (Å²) in [5, 5.41) is 0. The number of rotatable bonds is 0. The molecule has 0 fully saturated rings. The van der Waals surface area contributed by atoms with E-state index in [-0.39, 0.29) is 0 Å². The minimum Gasteiger partial charge on any atom is -0.357 e. The molecule has 0 aliphatic rings. The van der Waals surface area contributed by atoms with Gasteiger partial charge in [-0.25, -0.2) is 0 Å². The van der Waals surface area contributed by atoms with Crippen molar-refractivity contribution < 1.29 is 0 Å². The molecule has 0 aliphatic heterocycles. The first-order valence-corrected chi connectivity index (χ1v) is 4.82. The Morgan fingerprint density at radius 3 is 1.58 bits per heavy atom. The molecule has 2 heteroatoms. The van der Waals surface area contributed by atoms with Gasteiger partial charge in [-0.05, 0) is 12.1 Å². The lowest BCUT2D eigenvalue weighted by atomic mass is 10.5. The monoisotopic (exact) mass is 185 g/mol. The summed E-state index contributed by atoms with van der Waals surface area (Å²) in [5.41, 5.74) is 0. The molecular formula is C10H19NS. The summed E-state index contributed by atoms with van der Waals surface area (Å²) in [6, 6.07) is 3.80. The van der Waals surface area contributed by atoms with Crippen molar-refractivity contribution in [3.63, 3.8) is 0 Å². The number of nitrogens with zero attached hydrogens (tertiary/aromatic N) is 1. The number of aromatic nitrogens is 1. The Hall–Kier alpha value is -0.630. The van der Waals surface area contributed by atoms with E-state index in [0.717, 1.165) is 4.51 Å². The molecule has 0 aromatic carbocycles. The van der Waals surface area contributed by atoms with Crippen LogP contribution in [0.5, 0.6) is 0 Å². The van der Waals surface area contributed by atoms with Crippen LogP contribution in [0.2, 0.25) is 0 Å². The molecule has 0 radical (unpaired) electrons. The molecule has 1 aromatic rings. The number of aryl methyl sites for hydroxylation is 1. The SMILES string of the molecule is CC.CC.Cn1ccc(=S)cc1. The molecule has 0 atom stereocenters. The van der Waals surface area contributed by atoms with Gasteiger partial charge in [-0.2, -0.15) is 0 Å². The first-order chi connectivity index (χ1) is 5.79. The van der Waals surface area contributed by atoms with Gasteiger partial charge in [-0.3, -0.25) is 0 Å². The van der Waals surface area contributed by atoms with Crippen molar-refractivity contribution in [1.29, 1.82) is 0 Å². The summed E-state index contributed by atoms with van der Waals surface area (Å²) in [6.45, 7) is 8.00. The van der Waals surface area contributed by atoms with E-state index < -0.39 is 0 Å². The van der Waals surface area contributed by atoms with Gasteiger partial charge in [0.1, 0.15) is 0 Å².